The molecule has 0 aromatic carbocycles. The van der Waals surface area contributed by atoms with Crippen molar-refractivity contribution in [2.75, 3.05) is 26.2 Å². The van der Waals surface area contributed by atoms with Gasteiger partial charge in [0, 0.05) is 31.2 Å². The van der Waals surface area contributed by atoms with Crippen LogP contribution >= 0.6 is 0 Å². The van der Waals surface area contributed by atoms with Gasteiger partial charge in [0.25, 0.3) is 0 Å². The van der Waals surface area contributed by atoms with Crippen LogP contribution in [0.3, 0.4) is 0 Å². The van der Waals surface area contributed by atoms with Crippen LogP contribution in [0.15, 0.2) is 0 Å². The third-order valence-corrected chi connectivity index (χ3v) is 6.63. The minimum Gasteiger partial charge on any atom is -0.395 e. The Balaban J connectivity index is 1.57. The van der Waals surface area contributed by atoms with Gasteiger partial charge < -0.3 is 15.3 Å². The molecule has 1 aliphatic carbocycles. The number of aliphatic hydroxyl groups excluding tert-OH is 1. The van der Waals surface area contributed by atoms with E-state index in [0.717, 1.165) is 38.9 Å². The first-order chi connectivity index (χ1) is 11.6. The summed E-state index contributed by atoms with van der Waals surface area (Å²) in [4.78, 5) is 17.3. The van der Waals surface area contributed by atoms with Crippen molar-refractivity contribution in [3.63, 3.8) is 0 Å². The Hall–Kier alpha value is -0.810. The summed E-state index contributed by atoms with van der Waals surface area (Å²) in [6, 6.07) is 1.08. The quantitative estimate of drug-likeness (QED) is 0.828. The van der Waals surface area contributed by atoms with Gasteiger partial charge in [-0.3, -0.25) is 4.90 Å². The van der Waals surface area contributed by atoms with Crippen molar-refractivity contribution in [3.8, 4) is 0 Å². The summed E-state index contributed by atoms with van der Waals surface area (Å²) in [6.07, 6.45) is 8.20. The molecule has 1 unspecified atom stereocenters. The van der Waals surface area contributed by atoms with Crippen molar-refractivity contribution in [2.45, 2.75) is 76.9 Å². The fraction of sp³-hybridized carbons (Fsp3) is 0.947. The standard InChI is InChI=1S/C19H35N3O2/c1-14-6-3-7-15(2)18(14)20-19(24)22-11-5-8-16(22)12-21-10-4-9-17(21)13-23/h14-18,23H,3-13H2,1-2H3,(H,20,24)/t14-,15+,16-,17+,18?/m1/s1. The van der Waals surface area contributed by atoms with Gasteiger partial charge in [-0.15, -0.1) is 0 Å². The molecule has 1 saturated carbocycles. The molecule has 24 heavy (non-hydrogen) atoms. The minimum atomic E-state index is 0.142. The topological polar surface area (TPSA) is 55.8 Å². The van der Waals surface area contributed by atoms with Crippen LogP contribution in [0.5, 0.6) is 0 Å². The molecule has 3 rings (SSSR count). The highest BCUT2D eigenvalue weighted by molar-refractivity contribution is 5.75. The Labute approximate surface area is 146 Å². The predicted octanol–water partition coefficient (Wildman–Crippen LogP) is 2.44. The van der Waals surface area contributed by atoms with Gasteiger partial charge in [-0.05, 0) is 56.9 Å². The fourth-order valence-electron chi connectivity index (χ4n) is 5.10. The summed E-state index contributed by atoms with van der Waals surface area (Å²) in [5.41, 5.74) is 0. The maximum atomic E-state index is 12.9. The average Bonchev–Trinajstić information content (AvgIpc) is 3.20. The molecular weight excluding hydrogens is 302 g/mol. The van der Waals surface area contributed by atoms with Gasteiger partial charge >= 0.3 is 6.03 Å². The second kappa shape index (κ2) is 8.05. The Morgan fingerprint density at radius 2 is 1.67 bits per heavy atom. The molecule has 2 heterocycles. The van der Waals surface area contributed by atoms with E-state index >= 15 is 0 Å². The molecule has 0 spiro atoms. The summed E-state index contributed by atoms with van der Waals surface area (Å²) in [7, 11) is 0. The first-order valence-corrected chi connectivity index (χ1v) is 10.0. The van der Waals surface area contributed by atoms with Crippen LogP contribution in [0.25, 0.3) is 0 Å². The molecule has 138 valence electrons. The molecule has 0 aromatic heterocycles. The molecule has 2 N–H and O–H groups in total. The van der Waals surface area contributed by atoms with Crippen LogP contribution in [0.2, 0.25) is 0 Å². The summed E-state index contributed by atoms with van der Waals surface area (Å²) >= 11 is 0. The molecule has 3 fully saturated rings. The Bertz CT molecular complexity index is 421. The monoisotopic (exact) mass is 337 g/mol. The number of nitrogens with one attached hydrogen (secondary N) is 1. The highest BCUT2D eigenvalue weighted by Crippen LogP contribution is 2.30. The number of hydrogen-bond acceptors (Lipinski definition) is 3. The third-order valence-electron chi connectivity index (χ3n) is 6.63. The van der Waals surface area contributed by atoms with Crippen LogP contribution in [0, 0.1) is 11.8 Å². The summed E-state index contributed by atoms with van der Waals surface area (Å²) < 4.78 is 0. The van der Waals surface area contributed by atoms with E-state index in [1.54, 1.807) is 0 Å². The molecule has 2 aliphatic heterocycles. The zero-order valence-electron chi connectivity index (χ0n) is 15.4. The SMILES string of the molecule is C[C@@H]1CCC[C@H](C)C1NC(=O)N1CCC[C@@H]1CN1CCC[C@H]1CO. The van der Waals surface area contributed by atoms with Gasteiger partial charge in [-0.2, -0.15) is 0 Å². The average molecular weight is 338 g/mol. The van der Waals surface area contributed by atoms with E-state index in [9.17, 15) is 9.90 Å². The number of urea groups is 1. The normalized spacial score (nSPS) is 37.8. The van der Waals surface area contributed by atoms with Crippen LogP contribution in [0.1, 0.15) is 58.8 Å². The van der Waals surface area contributed by atoms with Gasteiger partial charge in [-0.1, -0.05) is 20.3 Å². The zero-order chi connectivity index (χ0) is 17.1. The van der Waals surface area contributed by atoms with Gasteiger partial charge in [0.05, 0.1) is 6.61 Å². The number of amides is 2. The van der Waals surface area contributed by atoms with Crippen molar-refractivity contribution < 1.29 is 9.90 Å². The highest BCUT2D eigenvalue weighted by Gasteiger charge is 2.36. The first-order valence-electron chi connectivity index (χ1n) is 10.0. The molecule has 5 heteroatoms. The van der Waals surface area contributed by atoms with E-state index < -0.39 is 0 Å². The lowest BCUT2D eigenvalue weighted by Gasteiger charge is -2.37. The summed E-state index contributed by atoms with van der Waals surface area (Å²) in [5.74, 6) is 1.16. The second-order valence-electron chi connectivity index (χ2n) is 8.32. The lowest BCUT2D eigenvalue weighted by molar-refractivity contribution is 0.121. The van der Waals surface area contributed by atoms with E-state index in [0.29, 0.717) is 30.0 Å². The van der Waals surface area contributed by atoms with Crippen LogP contribution < -0.4 is 5.32 Å². The van der Waals surface area contributed by atoms with E-state index in [-0.39, 0.29) is 12.6 Å². The van der Waals surface area contributed by atoms with Crippen LogP contribution in [-0.2, 0) is 0 Å². The molecule has 5 nitrogen and oxygen atoms in total. The third kappa shape index (κ3) is 3.88. The van der Waals surface area contributed by atoms with Crippen molar-refractivity contribution >= 4 is 6.03 Å². The van der Waals surface area contributed by atoms with E-state index in [4.69, 9.17) is 0 Å². The second-order valence-corrected chi connectivity index (χ2v) is 8.32. The molecule has 0 aromatic rings. The van der Waals surface area contributed by atoms with Gasteiger partial charge in [0.1, 0.15) is 0 Å². The minimum absolute atomic E-state index is 0.142. The number of likely N-dealkylation sites (tertiary alicyclic amines) is 2. The van der Waals surface area contributed by atoms with Crippen LogP contribution in [-0.4, -0.2) is 65.3 Å². The number of nitrogens with zero attached hydrogens (tertiary/aromatic N) is 2. The molecule has 3 aliphatic rings. The summed E-state index contributed by atoms with van der Waals surface area (Å²) in [6.45, 7) is 7.66. The van der Waals surface area contributed by atoms with Crippen molar-refractivity contribution in [1.82, 2.24) is 15.1 Å². The van der Waals surface area contributed by atoms with Crippen molar-refractivity contribution in [3.05, 3.63) is 0 Å². The predicted molar refractivity (Wildman–Crippen MR) is 95.9 cm³/mol. The molecule has 5 atom stereocenters. The lowest BCUT2D eigenvalue weighted by Crippen LogP contribution is -2.54. The largest absolute Gasteiger partial charge is 0.395 e. The van der Waals surface area contributed by atoms with Gasteiger partial charge in [0.15, 0.2) is 0 Å². The number of hydrogen-bond donors (Lipinski definition) is 2. The number of carbonyl (C=O) groups is 1. The van der Waals surface area contributed by atoms with Crippen molar-refractivity contribution in [1.29, 1.82) is 0 Å². The fourth-order valence-corrected chi connectivity index (χ4v) is 5.10. The molecule has 0 bridgehead atoms. The maximum Gasteiger partial charge on any atom is 0.317 e. The first kappa shape index (κ1) is 18.0. The number of carbonyl (C=O) groups excluding carboxylic acids is 1. The lowest BCUT2D eigenvalue weighted by atomic mass is 9.79. The Morgan fingerprint density at radius 1 is 1.00 bits per heavy atom. The molecule has 0 radical (unpaired) electrons. The highest BCUT2D eigenvalue weighted by atomic mass is 16.3. The number of aliphatic hydroxyl groups is 1. The van der Waals surface area contributed by atoms with E-state index in [2.05, 4.69) is 29.0 Å². The van der Waals surface area contributed by atoms with E-state index in [1.807, 2.05) is 0 Å². The van der Waals surface area contributed by atoms with Gasteiger partial charge in [-0.25, -0.2) is 4.79 Å². The number of rotatable bonds is 4. The summed E-state index contributed by atoms with van der Waals surface area (Å²) in [5, 5.41) is 12.9. The molecule has 2 amide bonds. The van der Waals surface area contributed by atoms with Gasteiger partial charge in [0.2, 0.25) is 0 Å². The van der Waals surface area contributed by atoms with E-state index in [1.165, 1.54) is 25.7 Å². The Morgan fingerprint density at radius 3 is 2.38 bits per heavy atom. The van der Waals surface area contributed by atoms with Crippen LogP contribution in [0.4, 0.5) is 4.79 Å². The Kier molecular flexibility index (Phi) is 6.03. The molecule has 2 saturated heterocycles. The smallest absolute Gasteiger partial charge is 0.317 e. The molecular formula is C19H35N3O2. The van der Waals surface area contributed by atoms with Crippen molar-refractivity contribution in [2.24, 2.45) is 11.8 Å². The zero-order valence-corrected chi connectivity index (χ0v) is 15.4. The maximum absolute atomic E-state index is 12.9.